The van der Waals surface area contributed by atoms with E-state index in [-0.39, 0.29) is 0 Å². The number of nitrogens with one attached hydrogen (secondary N) is 2. The van der Waals surface area contributed by atoms with Crippen molar-refractivity contribution in [2.24, 2.45) is 5.92 Å². The van der Waals surface area contributed by atoms with Gasteiger partial charge in [-0.25, -0.2) is 0 Å². The second kappa shape index (κ2) is 8.09. The summed E-state index contributed by atoms with van der Waals surface area (Å²) in [7, 11) is 0. The maximum Gasteiger partial charge on any atom is 0.0545 e. The quantitative estimate of drug-likeness (QED) is 0.569. The zero-order chi connectivity index (χ0) is 12.6. The van der Waals surface area contributed by atoms with Gasteiger partial charge in [0.15, 0.2) is 0 Å². The maximum atomic E-state index is 5.25. The average Bonchev–Trinajstić information content (AvgIpc) is 2.88. The van der Waals surface area contributed by atoms with Crippen molar-refractivity contribution in [1.82, 2.24) is 10.6 Å². The van der Waals surface area contributed by atoms with E-state index in [1.54, 1.807) is 0 Å². The molecule has 1 aliphatic heterocycles. The molecule has 2 fully saturated rings. The van der Waals surface area contributed by atoms with Gasteiger partial charge in [-0.15, -0.1) is 18.2 Å². The van der Waals surface area contributed by atoms with Gasteiger partial charge in [-0.2, -0.15) is 0 Å². The van der Waals surface area contributed by atoms with Crippen LogP contribution >= 0.6 is 11.8 Å². The molecule has 2 N–H and O–H groups in total. The summed E-state index contributed by atoms with van der Waals surface area (Å²) in [5, 5.41) is 7.49. The van der Waals surface area contributed by atoms with Gasteiger partial charge in [0.2, 0.25) is 0 Å². The monoisotopic (exact) mass is 266 g/mol. The minimum Gasteiger partial charge on any atom is -0.314 e. The summed E-state index contributed by atoms with van der Waals surface area (Å²) in [4.78, 5) is 0. The minimum atomic E-state index is 0.743. The fraction of sp³-hybridized carbons (Fsp3) is 0.867. The fourth-order valence-corrected chi connectivity index (χ4v) is 3.94. The molecule has 0 radical (unpaired) electrons. The molecule has 1 aliphatic carbocycles. The average molecular weight is 266 g/mol. The molecule has 2 nitrogen and oxygen atoms in total. The van der Waals surface area contributed by atoms with Crippen molar-refractivity contribution in [3.8, 4) is 12.3 Å². The number of hydrogen-bond acceptors (Lipinski definition) is 3. The van der Waals surface area contributed by atoms with Crippen molar-refractivity contribution in [3.63, 3.8) is 0 Å². The number of rotatable bonds is 6. The third-order valence-corrected chi connectivity index (χ3v) is 5.14. The van der Waals surface area contributed by atoms with Crippen LogP contribution in [0, 0.1) is 18.3 Å². The first kappa shape index (κ1) is 14.2. The van der Waals surface area contributed by atoms with Gasteiger partial charge in [0.05, 0.1) is 5.75 Å². The van der Waals surface area contributed by atoms with Crippen LogP contribution in [-0.2, 0) is 0 Å². The first-order chi connectivity index (χ1) is 8.92. The summed E-state index contributed by atoms with van der Waals surface area (Å²) < 4.78 is 0. The van der Waals surface area contributed by atoms with Crippen LogP contribution in [0.5, 0.6) is 0 Å². The molecule has 18 heavy (non-hydrogen) atoms. The molecule has 1 saturated heterocycles. The summed E-state index contributed by atoms with van der Waals surface area (Å²) >= 11 is 1.86. The Hall–Kier alpha value is -0.170. The molecule has 0 aromatic heterocycles. The van der Waals surface area contributed by atoms with Crippen molar-refractivity contribution < 1.29 is 0 Å². The molecule has 3 unspecified atom stereocenters. The summed E-state index contributed by atoms with van der Waals surface area (Å²) in [6.07, 6.45) is 13.6. The molecular formula is C15H26N2S. The molecular weight excluding hydrogens is 240 g/mol. The number of thioether (sulfide) groups is 1. The van der Waals surface area contributed by atoms with E-state index < -0.39 is 0 Å². The van der Waals surface area contributed by atoms with E-state index in [0.717, 1.165) is 36.1 Å². The Morgan fingerprint density at radius 3 is 2.94 bits per heavy atom. The highest BCUT2D eigenvalue weighted by atomic mass is 32.2. The first-order valence-electron chi connectivity index (χ1n) is 7.40. The van der Waals surface area contributed by atoms with Crippen LogP contribution < -0.4 is 10.6 Å². The molecule has 0 spiro atoms. The molecule has 102 valence electrons. The van der Waals surface area contributed by atoms with E-state index in [0.29, 0.717) is 0 Å². The smallest absolute Gasteiger partial charge is 0.0545 e. The largest absolute Gasteiger partial charge is 0.314 e. The Balaban J connectivity index is 1.68. The molecule has 0 bridgehead atoms. The number of terminal acetylenes is 1. The second-order valence-corrected chi connectivity index (χ2v) is 6.57. The third kappa shape index (κ3) is 4.19. The fourth-order valence-electron chi connectivity index (χ4n) is 3.42. The van der Waals surface area contributed by atoms with E-state index in [9.17, 15) is 0 Å². The molecule has 3 atom stereocenters. The van der Waals surface area contributed by atoms with Gasteiger partial charge in [0.25, 0.3) is 0 Å². The second-order valence-electron chi connectivity index (χ2n) is 5.47. The highest BCUT2D eigenvalue weighted by Gasteiger charge is 2.33. The van der Waals surface area contributed by atoms with E-state index >= 15 is 0 Å². The Bertz CT molecular complexity index is 268. The van der Waals surface area contributed by atoms with Crippen LogP contribution in [0.4, 0.5) is 0 Å². The summed E-state index contributed by atoms with van der Waals surface area (Å²) in [6, 6.07) is 1.52. The van der Waals surface area contributed by atoms with E-state index in [2.05, 4.69) is 16.6 Å². The predicted octanol–water partition coefficient (Wildman–Crippen LogP) is 2.25. The van der Waals surface area contributed by atoms with Crippen molar-refractivity contribution in [2.45, 2.75) is 50.6 Å². The third-order valence-electron chi connectivity index (χ3n) is 4.27. The van der Waals surface area contributed by atoms with Crippen LogP contribution in [0.3, 0.4) is 0 Å². The summed E-state index contributed by atoms with van der Waals surface area (Å²) in [5.41, 5.74) is 0. The van der Waals surface area contributed by atoms with Gasteiger partial charge in [0.1, 0.15) is 0 Å². The lowest BCUT2D eigenvalue weighted by Gasteiger charge is -2.33. The maximum absolute atomic E-state index is 5.25. The van der Waals surface area contributed by atoms with Crippen molar-refractivity contribution in [3.05, 3.63) is 0 Å². The Morgan fingerprint density at radius 2 is 2.17 bits per heavy atom. The normalized spacial score (nSPS) is 32.3. The molecule has 0 aromatic rings. The summed E-state index contributed by atoms with van der Waals surface area (Å²) in [6.45, 7) is 2.34. The number of piperidine rings is 1. The van der Waals surface area contributed by atoms with Crippen LogP contribution in [0.2, 0.25) is 0 Å². The molecule has 2 aliphatic rings. The van der Waals surface area contributed by atoms with Gasteiger partial charge in [-0.1, -0.05) is 18.8 Å². The van der Waals surface area contributed by atoms with E-state index in [1.165, 1.54) is 45.1 Å². The van der Waals surface area contributed by atoms with Gasteiger partial charge in [-0.3, -0.25) is 0 Å². The number of hydrogen-bond donors (Lipinski definition) is 2. The van der Waals surface area contributed by atoms with E-state index in [4.69, 9.17) is 6.42 Å². The van der Waals surface area contributed by atoms with Gasteiger partial charge < -0.3 is 10.6 Å². The first-order valence-corrected chi connectivity index (χ1v) is 8.55. The molecule has 3 heteroatoms. The van der Waals surface area contributed by atoms with Crippen LogP contribution in [0.25, 0.3) is 0 Å². The lowest BCUT2D eigenvalue weighted by Crippen LogP contribution is -2.47. The van der Waals surface area contributed by atoms with Gasteiger partial charge in [0, 0.05) is 24.4 Å². The van der Waals surface area contributed by atoms with Crippen LogP contribution in [0.1, 0.15) is 38.5 Å². The lowest BCUT2D eigenvalue weighted by atomic mass is 9.88. The molecule has 2 rings (SSSR count). The zero-order valence-corrected chi connectivity index (χ0v) is 12.1. The molecule has 1 heterocycles. The molecule has 0 amide bonds. The standard InChI is InChI=1S/C15H26N2S/c1-2-11-18-12-10-17-15-8-5-6-13(15)14-7-3-4-9-16-14/h1,13-17H,3-12H2. The van der Waals surface area contributed by atoms with Crippen LogP contribution in [-0.4, -0.2) is 36.7 Å². The SMILES string of the molecule is C#CCSCCNC1CCCC1C1CCCCN1. The van der Waals surface area contributed by atoms with Gasteiger partial charge >= 0.3 is 0 Å². The minimum absolute atomic E-state index is 0.743. The van der Waals surface area contributed by atoms with Crippen molar-refractivity contribution >= 4 is 11.8 Å². The van der Waals surface area contributed by atoms with Crippen molar-refractivity contribution in [1.29, 1.82) is 0 Å². The summed E-state index contributed by atoms with van der Waals surface area (Å²) in [5.74, 6) is 5.54. The predicted molar refractivity (Wildman–Crippen MR) is 80.9 cm³/mol. The topological polar surface area (TPSA) is 24.1 Å². The molecule has 0 aromatic carbocycles. The van der Waals surface area contributed by atoms with Crippen molar-refractivity contribution in [2.75, 3.05) is 24.6 Å². The Kier molecular flexibility index (Phi) is 6.40. The lowest BCUT2D eigenvalue weighted by molar-refractivity contribution is 0.259. The Labute approximate surface area is 116 Å². The van der Waals surface area contributed by atoms with Gasteiger partial charge in [-0.05, 0) is 38.1 Å². The van der Waals surface area contributed by atoms with E-state index in [1.807, 2.05) is 11.8 Å². The zero-order valence-electron chi connectivity index (χ0n) is 11.3. The molecule has 1 saturated carbocycles. The Morgan fingerprint density at radius 1 is 1.22 bits per heavy atom. The van der Waals surface area contributed by atoms with Crippen LogP contribution in [0.15, 0.2) is 0 Å². The highest BCUT2D eigenvalue weighted by Crippen LogP contribution is 2.31. The highest BCUT2D eigenvalue weighted by molar-refractivity contribution is 7.99.